The van der Waals surface area contributed by atoms with Crippen LogP contribution in [0.2, 0.25) is 0 Å². The van der Waals surface area contributed by atoms with Gasteiger partial charge in [0, 0.05) is 6.42 Å². The summed E-state index contributed by atoms with van der Waals surface area (Å²) in [7, 11) is 0. The predicted molar refractivity (Wildman–Crippen MR) is 64.5 cm³/mol. The lowest BCUT2D eigenvalue weighted by Crippen LogP contribution is -1.89. The van der Waals surface area contributed by atoms with Crippen LogP contribution in [-0.2, 0) is 4.79 Å². The highest BCUT2D eigenvalue weighted by atomic mass is 19.1. The zero-order chi connectivity index (χ0) is 12.0. The largest absolute Gasteiger partial charge is 0.300 e. The van der Waals surface area contributed by atoms with Crippen molar-refractivity contribution >= 4 is 11.9 Å². The number of rotatable bonds is 5. The standard InChI is InChI=1S/C14H15FO/c1-11(6-8-12(2)16)7-9-13-4-3-5-14(15)10-13/h3-5,7,9-10H,1,6,8H2,2H3/b9-7+. The monoisotopic (exact) mass is 218 g/mol. The zero-order valence-electron chi connectivity index (χ0n) is 9.37. The maximum Gasteiger partial charge on any atom is 0.130 e. The van der Waals surface area contributed by atoms with E-state index in [0.29, 0.717) is 12.8 Å². The van der Waals surface area contributed by atoms with Gasteiger partial charge >= 0.3 is 0 Å². The van der Waals surface area contributed by atoms with E-state index in [4.69, 9.17) is 0 Å². The fraction of sp³-hybridized carbons (Fsp3) is 0.214. The van der Waals surface area contributed by atoms with Gasteiger partial charge in [-0.3, -0.25) is 0 Å². The molecule has 0 heterocycles. The molecule has 1 rings (SSSR count). The molecule has 2 heteroatoms. The normalized spacial score (nSPS) is 10.6. The molecule has 16 heavy (non-hydrogen) atoms. The number of carbonyl (C=O) groups excluding carboxylic acids is 1. The van der Waals surface area contributed by atoms with Crippen molar-refractivity contribution in [3.05, 3.63) is 53.9 Å². The molecule has 0 aromatic heterocycles. The molecule has 0 amide bonds. The minimum atomic E-state index is -0.253. The van der Waals surface area contributed by atoms with E-state index in [2.05, 4.69) is 6.58 Å². The van der Waals surface area contributed by atoms with Crippen molar-refractivity contribution in [1.29, 1.82) is 0 Å². The molecule has 0 aliphatic heterocycles. The van der Waals surface area contributed by atoms with Crippen LogP contribution < -0.4 is 0 Å². The molecular weight excluding hydrogens is 203 g/mol. The average Bonchev–Trinajstić information content (AvgIpc) is 2.23. The third kappa shape index (κ3) is 4.69. The predicted octanol–water partition coefficient (Wildman–Crippen LogP) is 3.76. The third-order valence-corrected chi connectivity index (χ3v) is 2.16. The Bertz CT molecular complexity index is 418. The summed E-state index contributed by atoms with van der Waals surface area (Å²) in [4.78, 5) is 10.8. The number of Topliss-reactive ketones (excluding diaryl/α,β-unsaturated/α-hetero) is 1. The Balaban J connectivity index is 2.53. The first kappa shape index (κ1) is 12.4. The van der Waals surface area contributed by atoms with E-state index in [0.717, 1.165) is 11.1 Å². The molecule has 0 saturated carbocycles. The Morgan fingerprint density at radius 3 is 2.81 bits per heavy atom. The average molecular weight is 218 g/mol. The third-order valence-electron chi connectivity index (χ3n) is 2.16. The van der Waals surface area contributed by atoms with Crippen molar-refractivity contribution in [2.24, 2.45) is 0 Å². The van der Waals surface area contributed by atoms with E-state index in [9.17, 15) is 9.18 Å². The molecule has 0 spiro atoms. The fourth-order valence-corrected chi connectivity index (χ4v) is 1.24. The highest BCUT2D eigenvalue weighted by Gasteiger charge is 1.95. The zero-order valence-corrected chi connectivity index (χ0v) is 9.37. The lowest BCUT2D eigenvalue weighted by molar-refractivity contribution is -0.116. The first-order valence-electron chi connectivity index (χ1n) is 5.19. The van der Waals surface area contributed by atoms with Crippen molar-refractivity contribution in [1.82, 2.24) is 0 Å². The molecule has 1 aromatic carbocycles. The van der Waals surface area contributed by atoms with E-state index in [1.165, 1.54) is 12.1 Å². The summed E-state index contributed by atoms with van der Waals surface area (Å²) in [5, 5.41) is 0. The van der Waals surface area contributed by atoms with Gasteiger partial charge in [0.2, 0.25) is 0 Å². The summed E-state index contributed by atoms with van der Waals surface area (Å²) in [6.45, 7) is 5.39. The van der Waals surface area contributed by atoms with E-state index in [-0.39, 0.29) is 11.6 Å². The molecule has 0 radical (unpaired) electrons. The molecule has 0 atom stereocenters. The van der Waals surface area contributed by atoms with Crippen LogP contribution >= 0.6 is 0 Å². The van der Waals surface area contributed by atoms with Crippen molar-refractivity contribution in [2.75, 3.05) is 0 Å². The number of halogens is 1. The topological polar surface area (TPSA) is 17.1 Å². The first-order chi connectivity index (χ1) is 7.58. The Labute approximate surface area is 95.3 Å². The van der Waals surface area contributed by atoms with Gasteiger partial charge in [-0.15, -0.1) is 0 Å². The van der Waals surface area contributed by atoms with Crippen LogP contribution in [0.1, 0.15) is 25.3 Å². The second-order valence-electron chi connectivity index (χ2n) is 3.75. The van der Waals surface area contributed by atoms with Crippen molar-refractivity contribution in [3.63, 3.8) is 0 Å². The van der Waals surface area contributed by atoms with Gasteiger partial charge in [0.05, 0.1) is 0 Å². The van der Waals surface area contributed by atoms with E-state index < -0.39 is 0 Å². The van der Waals surface area contributed by atoms with Crippen LogP contribution in [-0.4, -0.2) is 5.78 Å². The Kier molecular flexibility index (Phi) is 4.65. The fourth-order valence-electron chi connectivity index (χ4n) is 1.24. The molecule has 84 valence electrons. The second kappa shape index (κ2) is 6.01. The van der Waals surface area contributed by atoms with Gasteiger partial charge in [0.15, 0.2) is 0 Å². The number of carbonyl (C=O) groups is 1. The summed E-state index contributed by atoms with van der Waals surface area (Å²) >= 11 is 0. The van der Waals surface area contributed by atoms with Gasteiger partial charge in [-0.05, 0) is 31.0 Å². The molecule has 0 saturated heterocycles. The lowest BCUT2D eigenvalue weighted by atomic mass is 10.1. The minimum absolute atomic E-state index is 0.153. The van der Waals surface area contributed by atoms with E-state index in [1.54, 1.807) is 19.1 Å². The summed E-state index contributed by atoms with van der Waals surface area (Å²) in [5.41, 5.74) is 1.67. The van der Waals surface area contributed by atoms with Crippen LogP contribution in [0.4, 0.5) is 4.39 Å². The molecule has 0 bridgehead atoms. The van der Waals surface area contributed by atoms with Crippen LogP contribution in [0.3, 0.4) is 0 Å². The van der Waals surface area contributed by atoms with Crippen molar-refractivity contribution in [3.8, 4) is 0 Å². The number of hydrogen-bond acceptors (Lipinski definition) is 1. The molecule has 0 aliphatic carbocycles. The SMILES string of the molecule is C=C(/C=C/c1cccc(F)c1)CCC(C)=O. The van der Waals surface area contributed by atoms with E-state index >= 15 is 0 Å². The molecule has 1 nitrogen and oxygen atoms in total. The molecule has 0 N–H and O–H groups in total. The van der Waals surface area contributed by atoms with Gasteiger partial charge in [-0.1, -0.05) is 36.4 Å². The maximum atomic E-state index is 12.8. The molecule has 0 fully saturated rings. The van der Waals surface area contributed by atoms with Gasteiger partial charge in [-0.2, -0.15) is 0 Å². The number of allylic oxidation sites excluding steroid dienone is 2. The van der Waals surface area contributed by atoms with Crippen LogP contribution in [0.25, 0.3) is 6.08 Å². The lowest BCUT2D eigenvalue weighted by Gasteiger charge is -1.97. The number of ketones is 1. The molecular formula is C14H15FO. The Morgan fingerprint density at radius 2 is 2.19 bits per heavy atom. The summed E-state index contributed by atoms with van der Waals surface area (Å²) in [6.07, 6.45) is 4.77. The summed E-state index contributed by atoms with van der Waals surface area (Å²) < 4.78 is 12.8. The number of hydrogen-bond donors (Lipinski definition) is 0. The van der Waals surface area contributed by atoms with Crippen LogP contribution in [0.5, 0.6) is 0 Å². The summed E-state index contributed by atoms with van der Waals surface area (Å²) in [5.74, 6) is -0.100. The highest BCUT2D eigenvalue weighted by Crippen LogP contribution is 2.10. The summed E-state index contributed by atoms with van der Waals surface area (Å²) in [6, 6.07) is 6.34. The van der Waals surface area contributed by atoms with Crippen LogP contribution in [0, 0.1) is 5.82 Å². The molecule has 1 aromatic rings. The van der Waals surface area contributed by atoms with Gasteiger partial charge < -0.3 is 4.79 Å². The van der Waals surface area contributed by atoms with Crippen LogP contribution in [0.15, 0.2) is 42.5 Å². The maximum absolute atomic E-state index is 12.8. The van der Waals surface area contributed by atoms with Crippen molar-refractivity contribution < 1.29 is 9.18 Å². The Hall–Kier alpha value is -1.70. The number of benzene rings is 1. The highest BCUT2D eigenvalue weighted by molar-refractivity contribution is 5.75. The minimum Gasteiger partial charge on any atom is -0.300 e. The quantitative estimate of drug-likeness (QED) is 0.688. The van der Waals surface area contributed by atoms with Gasteiger partial charge in [-0.25, -0.2) is 4.39 Å². The second-order valence-corrected chi connectivity index (χ2v) is 3.75. The Morgan fingerprint density at radius 1 is 1.44 bits per heavy atom. The first-order valence-corrected chi connectivity index (χ1v) is 5.19. The molecule has 0 unspecified atom stereocenters. The smallest absolute Gasteiger partial charge is 0.130 e. The molecule has 0 aliphatic rings. The van der Waals surface area contributed by atoms with Gasteiger partial charge in [0.1, 0.15) is 11.6 Å². The van der Waals surface area contributed by atoms with Crippen molar-refractivity contribution in [2.45, 2.75) is 19.8 Å². The van der Waals surface area contributed by atoms with E-state index in [1.807, 2.05) is 12.1 Å². The van der Waals surface area contributed by atoms with Gasteiger partial charge in [0.25, 0.3) is 0 Å².